The van der Waals surface area contributed by atoms with E-state index in [1.54, 1.807) is 23.3 Å². The molecule has 2 aromatic rings. The molecular weight excluding hydrogens is 312 g/mol. The number of alkyl halides is 2. The average molecular weight is 329 g/mol. The lowest BCUT2D eigenvalue weighted by atomic mass is 10.1. The van der Waals surface area contributed by atoms with E-state index in [0.717, 1.165) is 11.1 Å². The smallest absolute Gasteiger partial charge is 0.274 e. The van der Waals surface area contributed by atoms with E-state index in [-0.39, 0.29) is 0 Å². The highest BCUT2D eigenvalue weighted by Crippen LogP contribution is 2.27. The molecule has 3 rings (SSSR count). The van der Waals surface area contributed by atoms with E-state index < -0.39 is 13.0 Å². The Hall–Kier alpha value is -2.68. The number of hydrogen-bond acceptors (Lipinski definition) is 3. The summed E-state index contributed by atoms with van der Waals surface area (Å²) < 4.78 is 26.3. The lowest BCUT2D eigenvalue weighted by Gasteiger charge is -2.08. The van der Waals surface area contributed by atoms with Gasteiger partial charge in [0.25, 0.3) is 6.43 Å². The normalized spacial score (nSPS) is 14.4. The van der Waals surface area contributed by atoms with Gasteiger partial charge in [0.15, 0.2) is 6.61 Å². The first kappa shape index (κ1) is 16.2. The molecule has 1 aromatic heterocycles. The van der Waals surface area contributed by atoms with Crippen LogP contribution in [0.3, 0.4) is 0 Å². The standard InChI is InChI=1S/C18H17F2N3O/c19-18(20)12-24-22-17(11-23-10-9-21-13-23)16-7-5-15(6-8-16)4-3-14-1-2-14/h5-10,13-14,18H,1-2,11-12H2/b22-17+. The fraction of sp³-hybridized carbons (Fsp3) is 0.333. The SMILES string of the molecule is FC(F)CO/N=C(\Cn1ccnc1)c1ccc(C#CC2CC2)cc1. The van der Waals surface area contributed by atoms with Crippen LogP contribution in [0.4, 0.5) is 8.78 Å². The molecule has 1 saturated carbocycles. The van der Waals surface area contributed by atoms with Crippen molar-refractivity contribution in [2.75, 3.05) is 6.61 Å². The van der Waals surface area contributed by atoms with Gasteiger partial charge < -0.3 is 9.40 Å². The molecule has 0 amide bonds. The molecule has 1 aliphatic rings. The number of rotatable bonds is 6. The summed E-state index contributed by atoms with van der Waals surface area (Å²) in [5.74, 6) is 6.89. The van der Waals surface area contributed by atoms with Crippen LogP contribution in [0, 0.1) is 17.8 Å². The molecular formula is C18H17F2N3O. The quantitative estimate of drug-likeness (QED) is 0.463. The summed E-state index contributed by atoms with van der Waals surface area (Å²) in [5, 5.41) is 3.87. The maximum Gasteiger partial charge on any atom is 0.274 e. The Morgan fingerprint density at radius 2 is 2.12 bits per heavy atom. The van der Waals surface area contributed by atoms with Gasteiger partial charge >= 0.3 is 0 Å². The van der Waals surface area contributed by atoms with E-state index in [9.17, 15) is 8.78 Å². The Balaban J connectivity index is 1.74. The van der Waals surface area contributed by atoms with Gasteiger partial charge in [-0.05, 0) is 25.0 Å². The first-order valence-corrected chi connectivity index (χ1v) is 7.75. The molecule has 1 fully saturated rings. The average Bonchev–Trinajstić information content (AvgIpc) is 3.27. The molecule has 0 atom stereocenters. The fourth-order valence-electron chi connectivity index (χ4n) is 2.06. The summed E-state index contributed by atoms with van der Waals surface area (Å²) in [6.45, 7) is -0.339. The van der Waals surface area contributed by atoms with Gasteiger partial charge in [-0.1, -0.05) is 29.1 Å². The van der Waals surface area contributed by atoms with Crippen LogP contribution in [0.5, 0.6) is 0 Å². The number of halogens is 2. The molecule has 0 bridgehead atoms. The lowest BCUT2D eigenvalue weighted by Crippen LogP contribution is -2.12. The first-order chi connectivity index (χ1) is 11.7. The molecule has 1 aliphatic carbocycles. The maximum atomic E-state index is 12.2. The van der Waals surface area contributed by atoms with Crippen molar-refractivity contribution in [1.29, 1.82) is 0 Å². The van der Waals surface area contributed by atoms with E-state index in [1.807, 2.05) is 24.3 Å². The van der Waals surface area contributed by atoms with Gasteiger partial charge in [-0.2, -0.15) is 0 Å². The van der Waals surface area contributed by atoms with Gasteiger partial charge in [0.2, 0.25) is 0 Å². The molecule has 1 heterocycles. The minimum atomic E-state index is -2.55. The molecule has 0 radical (unpaired) electrons. The van der Waals surface area contributed by atoms with Crippen LogP contribution in [-0.4, -0.2) is 28.3 Å². The zero-order chi connectivity index (χ0) is 16.8. The summed E-state index contributed by atoms with van der Waals surface area (Å²) >= 11 is 0. The molecule has 6 heteroatoms. The van der Waals surface area contributed by atoms with Gasteiger partial charge in [-0.3, -0.25) is 0 Å². The Bertz CT molecular complexity index is 739. The Morgan fingerprint density at radius 1 is 1.33 bits per heavy atom. The van der Waals surface area contributed by atoms with Crippen LogP contribution in [0.15, 0.2) is 48.1 Å². The van der Waals surface area contributed by atoms with Crippen molar-refractivity contribution < 1.29 is 13.6 Å². The summed E-state index contributed by atoms with van der Waals surface area (Å²) in [4.78, 5) is 8.72. The van der Waals surface area contributed by atoms with Crippen molar-refractivity contribution in [1.82, 2.24) is 9.55 Å². The highest BCUT2D eigenvalue weighted by atomic mass is 19.3. The van der Waals surface area contributed by atoms with Crippen molar-refractivity contribution >= 4 is 5.71 Å². The van der Waals surface area contributed by atoms with Gasteiger partial charge in [0.1, 0.15) is 5.71 Å². The fourth-order valence-corrected chi connectivity index (χ4v) is 2.06. The molecule has 0 aliphatic heterocycles. The molecule has 0 unspecified atom stereocenters. The van der Waals surface area contributed by atoms with Crippen molar-refractivity contribution in [2.45, 2.75) is 25.8 Å². The highest BCUT2D eigenvalue weighted by Gasteiger charge is 2.17. The Kier molecular flexibility index (Phi) is 5.22. The van der Waals surface area contributed by atoms with Gasteiger partial charge in [-0.25, -0.2) is 13.8 Å². The predicted molar refractivity (Wildman–Crippen MR) is 86.8 cm³/mol. The van der Waals surface area contributed by atoms with Crippen LogP contribution in [0.2, 0.25) is 0 Å². The number of benzene rings is 1. The maximum absolute atomic E-state index is 12.2. The number of hydrogen-bond donors (Lipinski definition) is 0. The number of oxime groups is 1. The molecule has 124 valence electrons. The monoisotopic (exact) mass is 329 g/mol. The number of nitrogens with zero attached hydrogens (tertiary/aromatic N) is 3. The van der Waals surface area contributed by atoms with Gasteiger partial charge in [0.05, 0.1) is 12.9 Å². The van der Waals surface area contributed by atoms with E-state index >= 15 is 0 Å². The lowest BCUT2D eigenvalue weighted by molar-refractivity contribution is 0.0201. The Morgan fingerprint density at radius 3 is 2.75 bits per heavy atom. The van der Waals surface area contributed by atoms with Crippen LogP contribution in [0.25, 0.3) is 0 Å². The molecule has 0 N–H and O–H groups in total. The van der Waals surface area contributed by atoms with Crippen LogP contribution in [0.1, 0.15) is 24.0 Å². The van der Waals surface area contributed by atoms with Crippen LogP contribution >= 0.6 is 0 Å². The van der Waals surface area contributed by atoms with E-state index in [0.29, 0.717) is 18.2 Å². The minimum absolute atomic E-state index is 0.385. The molecule has 1 aromatic carbocycles. The second kappa shape index (κ2) is 7.73. The zero-order valence-electron chi connectivity index (χ0n) is 13.0. The second-order valence-corrected chi connectivity index (χ2v) is 5.58. The van der Waals surface area contributed by atoms with Gasteiger partial charge in [-0.15, -0.1) is 0 Å². The molecule has 0 spiro atoms. The van der Waals surface area contributed by atoms with E-state index in [2.05, 4.69) is 22.0 Å². The van der Waals surface area contributed by atoms with E-state index in [4.69, 9.17) is 4.84 Å². The Labute approximate surface area is 139 Å². The summed E-state index contributed by atoms with van der Waals surface area (Å²) in [6, 6.07) is 7.55. The van der Waals surface area contributed by atoms with Crippen molar-refractivity contribution in [3.8, 4) is 11.8 Å². The third-order valence-corrected chi connectivity index (χ3v) is 3.48. The number of aromatic nitrogens is 2. The molecule has 24 heavy (non-hydrogen) atoms. The molecule has 0 saturated heterocycles. The second-order valence-electron chi connectivity index (χ2n) is 5.58. The summed E-state index contributed by atoms with van der Waals surface area (Å²) in [6.07, 6.45) is 4.88. The first-order valence-electron chi connectivity index (χ1n) is 7.75. The van der Waals surface area contributed by atoms with Crippen LogP contribution in [-0.2, 0) is 11.4 Å². The minimum Gasteiger partial charge on any atom is -0.389 e. The zero-order valence-corrected chi connectivity index (χ0v) is 13.0. The molecule has 4 nitrogen and oxygen atoms in total. The van der Waals surface area contributed by atoms with Crippen molar-refractivity contribution in [3.05, 3.63) is 54.1 Å². The van der Waals surface area contributed by atoms with Crippen molar-refractivity contribution in [3.63, 3.8) is 0 Å². The third kappa shape index (κ3) is 4.92. The highest BCUT2D eigenvalue weighted by molar-refractivity contribution is 6.00. The van der Waals surface area contributed by atoms with Crippen molar-refractivity contribution in [2.24, 2.45) is 11.1 Å². The largest absolute Gasteiger partial charge is 0.389 e. The number of imidazole rings is 1. The van der Waals surface area contributed by atoms with E-state index in [1.165, 1.54) is 12.8 Å². The third-order valence-electron chi connectivity index (χ3n) is 3.48. The van der Waals surface area contributed by atoms with Gasteiger partial charge in [0, 0.05) is 29.4 Å². The summed E-state index contributed by atoms with van der Waals surface area (Å²) in [5.41, 5.74) is 2.28. The van der Waals surface area contributed by atoms with Crippen LogP contribution < -0.4 is 0 Å². The topological polar surface area (TPSA) is 39.4 Å². The summed E-state index contributed by atoms with van der Waals surface area (Å²) in [7, 11) is 0. The predicted octanol–water partition coefficient (Wildman–Crippen LogP) is 3.33.